The van der Waals surface area contributed by atoms with Crippen LogP contribution in [0.2, 0.25) is 0 Å². The van der Waals surface area contributed by atoms with E-state index in [1.165, 1.54) is 5.69 Å². The van der Waals surface area contributed by atoms with E-state index in [1.54, 1.807) is 0 Å². The van der Waals surface area contributed by atoms with Gasteiger partial charge in [-0.2, -0.15) is 5.26 Å². The fourth-order valence-electron chi connectivity index (χ4n) is 2.58. The number of piperidine rings is 1. The van der Waals surface area contributed by atoms with Crippen LogP contribution in [0.1, 0.15) is 24.5 Å². The van der Waals surface area contributed by atoms with E-state index in [0.29, 0.717) is 5.92 Å². The molecule has 3 heteroatoms. The molecule has 0 amide bonds. The standard InChI is InChI=1S/C14H19N3/c1-10-5-13(16)9-17(8-10)14-4-3-12(7-15)11(2)6-14/h3-4,6,10,13H,5,8-9,16H2,1-2H3. The minimum atomic E-state index is 0.259. The maximum Gasteiger partial charge on any atom is 0.0994 e. The number of hydrogen-bond donors (Lipinski definition) is 1. The molecule has 1 saturated heterocycles. The number of nitrogens with two attached hydrogens (primary N) is 1. The van der Waals surface area contributed by atoms with E-state index < -0.39 is 0 Å². The third-order valence-corrected chi connectivity index (χ3v) is 3.39. The van der Waals surface area contributed by atoms with Gasteiger partial charge in [0.05, 0.1) is 11.6 Å². The van der Waals surface area contributed by atoms with Gasteiger partial charge in [-0.25, -0.2) is 0 Å². The lowest BCUT2D eigenvalue weighted by molar-refractivity contribution is 0.401. The summed E-state index contributed by atoms with van der Waals surface area (Å²) in [6.45, 7) is 6.19. The predicted molar refractivity (Wildman–Crippen MR) is 69.9 cm³/mol. The van der Waals surface area contributed by atoms with E-state index >= 15 is 0 Å². The molecular formula is C14H19N3. The zero-order chi connectivity index (χ0) is 12.4. The van der Waals surface area contributed by atoms with Crippen molar-refractivity contribution in [3.8, 4) is 6.07 Å². The molecule has 17 heavy (non-hydrogen) atoms. The Morgan fingerprint density at radius 3 is 2.76 bits per heavy atom. The molecule has 2 unspecified atom stereocenters. The van der Waals surface area contributed by atoms with E-state index in [0.717, 1.165) is 30.6 Å². The number of hydrogen-bond acceptors (Lipinski definition) is 3. The van der Waals surface area contributed by atoms with Crippen LogP contribution in [0, 0.1) is 24.2 Å². The predicted octanol–water partition coefficient (Wildman–Crippen LogP) is 2.04. The first-order valence-electron chi connectivity index (χ1n) is 6.11. The summed E-state index contributed by atoms with van der Waals surface area (Å²) in [5.74, 6) is 0.634. The van der Waals surface area contributed by atoms with E-state index in [4.69, 9.17) is 11.0 Å². The number of nitrogens with zero attached hydrogens (tertiary/aromatic N) is 2. The minimum Gasteiger partial charge on any atom is -0.370 e. The number of rotatable bonds is 1. The average molecular weight is 229 g/mol. The van der Waals surface area contributed by atoms with Crippen LogP contribution in [-0.4, -0.2) is 19.1 Å². The first-order valence-corrected chi connectivity index (χ1v) is 6.11. The molecule has 0 saturated carbocycles. The van der Waals surface area contributed by atoms with E-state index in [-0.39, 0.29) is 6.04 Å². The SMILES string of the molecule is Cc1cc(N2CC(C)CC(N)C2)ccc1C#N. The van der Waals surface area contributed by atoms with Crippen LogP contribution in [0.15, 0.2) is 18.2 Å². The van der Waals surface area contributed by atoms with Crippen molar-refractivity contribution < 1.29 is 0 Å². The summed E-state index contributed by atoms with van der Waals surface area (Å²) in [7, 11) is 0. The number of nitriles is 1. The van der Waals surface area contributed by atoms with Crippen LogP contribution < -0.4 is 10.6 Å². The Bertz CT molecular complexity index is 437. The van der Waals surface area contributed by atoms with Crippen molar-refractivity contribution in [1.82, 2.24) is 0 Å². The normalized spacial score (nSPS) is 24.5. The van der Waals surface area contributed by atoms with Crippen molar-refractivity contribution >= 4 is 5.69 Å². The molecule has 2 atom stereocenters. The molecule has 1 fully saturated rings. The van der Waals surface area contributed by atoms with Crippen molar-refractivity contribution in [3.05, 3.63) is 29.3 Å². The molecule has 3 nitrogen and oxygen atoms in total. The van der Waals surface area contributed by atoms with Crippen molar-refractivity contribution in [2.24, 2.45) is 11.7 Å². The molecular weight excluding hydrogens is 210 g/mol. The Balaban J connectivity index is 2.22. The van der Waals surface area contributed by atoms with Gasteiger partial charge in [0.2, 0.25) is 0 Å². The maximum absolute atomic E-state index is 8.92. The second-order valence-corrected chi connectivity index (χ2v) is 5.12. The summed E-state index contributed by atoms with van der Waals surface area (Å²) in [5.41, 5.74) is 9.03. The lowest BCUT2D eigenvalue weighted by Crippen LogP contribution is -2.46. The Labute approximate surface area is 103 Å². The molecule has 0 aliphatic carbocycles. The topological polar surface area (TPSA) is 53.0 Å². The molecule has 2 rings (SSSR count). The largest absolute Gasteiger partial charge is 0.370 e. The van der Waals surface area contributed by atoms with E-state index in [2.05, 4.69) is 24.0 Å². The van der Waals surface area contributed by atoms with Crippen LogP contribution in [0.4, 0.5) is 5.69 Å². The van der Waals surface area contributed by atoms with Crippen LogP contribution in [0.5, 0.6) is 0 Å². The van der Waals surface area contributed by atoms with Gasteiger partial charge in [0.15, 0.2) is 0 Å². The van der Waals surface area contributed by atoms with Crippen molar-refractivity contribution in [2.45, 2.75) is 26.3 Å². The van der Waals surface area contributed by atoms with Crippen LogP contribution >= 0.6 is 0 Å². The highest BCUT2D eigenvalue weighted by molar-refractivity contribution is 5.54. The van der Waals surface area contributed by atoms with Gasteiger partial charge >= 0.3 is 0 Å². The summed E-state index contributed by atoms with van der Waals surface area (Å²) in [5, 5.41) is 8.92. The maximum atomic E-state index is 8.92. The summed E-state index contributed by atoms with van der Waals surface area (Å²) >= 11 is 0. The van der Waals surface area contributed by atoms with Crippen molar-refractivity contribution in [2.75, 3.05) is 18.0 Å². The van der Waals surface area contributed by atoms with Gasteiger partial charge in [0.1, 0.15) is 0 Å². The Morgan fingerprint density at radius 1 is 1.41 bits per heavy atom. The molecule has 2 N–H and O–H groups in total. The summed E-state index contributed by atoms with van der Waals surface area (Å²) in [6, 6.07) is 8.47. The fraction of sp³-hybridized carbons (Fsp3) is 0.500. The minimum absolute atomic E-state index is 0.259. The Morgan fingerprint density at radius 2 is 2.18 bits per heavy atom. The quantitative estimate of drug-likeness (QED) is 0.801. The first kappa shape index (κ1) is 11.9. The van der Waals surface area contributed by atoms with Crippen molar-refractivity contribution in [1.29, 1.82) is 5.26 Å². The molecule has 1 heterocycles. The molecule has 1 aliphatic heterocycles. The third-order valence-electron chi connectivity index (χ3n) is 3.39. The van der Waals surface area contributed by atoms with Gasteiger partial charge in [0.25, 0.3) is 0 Å². The van der Waals surface area contributed by atoms with Gasteiger partial charge in [-0.3, -0.25) is 0 Å². The smallest absolute Gasteiger partial charge is 0.0994 e. The highest BCUT2D eigenvalue weighted by atomic mass is 15.2. The molecule has 1 aromatic rings. The lowest BCUT2D eigenvalue weighted by Gasteiger charge is -2.36. The highest BCUT2D eigenvalue weighted by Crippen LogP contribution is 2.24. The van der Waals surface area contributed by atoms with E-state index in [9.17, 15) is 0 Å². The second kappa shape index (κ2) is 4.77. The molecule has 1 aliphatic rings. The average Bonchev–Trinajstić information content (AvgIpc) is 2.27. The summed E-state index contributed by atoms with van der Waals surface area (Å²) in [4.78, 5) is 2.33. The summed E-state index contributed by atoms with van der Waals surface area (Å²) in [6.07, 6.45) is 1.10. The molecule has 1 aromatic carbocycles. The van der Waals surface area contributed by atoms with Gasteiger partial charge in [-0.1, -0.05) is 6.92 Å². The zero-order valence-electron chi connectivity index (χ0n) is 10.5. The number of aryl methyl sites for hydroxylation is 1. The van der Waals surface area contributed by atoms with Crippen LogP contribution in [0.3, 0.4) is 0 Å². The number of benzene rings is 1. The second-order valence-electron chi connectivity index (χ2n) is 5.12. The molecule has 0 spiro atoms. The summed E-state index contributed by atoms with van der Waals surface area (Å²) < 4.78 is 0. The molecule has 90 valence electrons. The van der Waals surface area contributed by atoms with Crippen LogP contribution in [-0.2, 0) is 0 Å². The van der Waals surface area contributed by atoms with Crippen LogP contribution in [0.25, 0.3) is 0 Å². The zero-order valence-corrected chi connectivity index (χ0v) is 10.5. The highest BCUT2D eigenvalue weighted by Gasteiger charge is 2.22. The van der Waals surface area contributed by atoms with E-state index in [1.807, 2.05) is 19.1 Å². The lowest BCUT2D eigenvalue weighted by atomic mass is 9.95. The Kier molecular flexibility index (Phi) is 3.35. The van der Waals surface area contributed by atoms with Gasteiger partial charge in [0, 0.05) is 24.8 Å². The molecule has 0 bridgehead atoms. The van der Waals surface area contributed by atoms with Gasteiger partial charge in [-0.05, 0) is 43.0 Å². The first-order chi connectivity index (χ1) is 8.10. The van der Waals surface area contributed by atoms with Gasteiger partial charge in [-0.15, -0.1) is 0 Å². The fourth-order valence-corrected chi connectivity index (χ4v) is 2.58. The van der Waals surface area contributed by atoms with Crippen molar-refractivity contribution in [3.63, 3.8) is 0 Å². The Hall–Kier alpha value is -1.53. The molecule has 0 radical (unpaired) electrons. The third kappa shape index (κ3) is 2.59. The monoisotopic (exact) mass is 229 g/mol. The van der Waals surface area contributed by atoms with Gasteiger partial charge < -0.3 is 10.6 Å². The molecule has 0 aromatic heterocycles. The number of anilines is 1.